The van der Waals surface area contributed by atoms with Crippen LogP contribution in [0.25, 0.3) is 6.08 Å². The van der Waals surface area contributed by atoms with Gasteiger partial charge < -0.3 is 9.47 Å². The minimum absolute atomic E-state index is 0.0941. The van der Waals surface area contributed by atoms with E-state index in [1.807, 2.05) is 66.7 Å². The van der Waals surface area contributed by atoms with Crippen molar-refractivity contribution < 1.29 is 13.9 Å². The Morgan fingerprint density at radius 1 is 0.867 bits per heavy atom. The van der Waals surface area contributed by atoms with Crippen molar-refractivity contribution >= 4 is 17.5 Å². The van der Waals surface area contributed by atoms with Gasteiger partial charge in [-0.05, 0) is 53.6 Å². The van der Waals surface area contributed by atoms with Gasteiger partial charge in [0.2, 0.25) is 0 Å². The van der Waals surface area contributed by atoms with Crippen LogP contribution < -0.4 is 14.5 Å². The Bertz CT molecular complexity index is 1060. The predicted molar refractivity (Wildman–Crippen MR) is 119 cm³/mol. The van der Waals surface area contributed by atoms with E-state index in [1.54, 1.807) is 31.4 Å². The Hall–Kier alpha value is -3.60. The summed E-state index contributed by atoms with van der Waals surface area (Å²) in [6.45, 7) is 0. The van der Waals surface area contributed by atoms with Crippen LogP contribution in [0, 0.1) is 5.82 Å². The van der Waals surface area contributed by atoms with Gasteiger partial charge in [-0.3, -0.25) is 5.01 Å². The number of ether oxygens (including phenoxy) is 2. The summed E-state index contributed by atoms with van der Waals surface area (Å²) < 4.78 is 25.0. The third-order valence-corrected chi connectivity index (χ3v) is 5.12. The molecule has 4 rings (SSSR count). The number of hydrogen-bond donors (Lipinski definition) is 0. The standard InChI is InChI=1S/C25H23FN2O2/c1-29-21-13-8-18(9-14-21)7-12-20-17-25(19-10-15-22(30-2)16-11-19)28(27-20)24-6-4-3-5-23(24)26/h3-16,25H,17H2,1-2H3/b12-7+/t25-/m1/s1. The molecule has 0 amide bonds. The van der Waals surface area contributed by atoms with Crippen LogP contribution in [0.3, 0.4) is 0 Å². The first-order valence-corrected chi connectivity index (χ1v) is 9.75. The largest absolute Gasteiger partial charge is 0.497 e. The van der Waals surface area contributed by atoms with E-state index in [9.17, 15) is 4.39 Å². The summed E-state index contributed by atoms with van der Waals surface area (Å²) in [5.74, 6) is 1.31. The third kappa shape index (κ3) is 4.20. The zero-order chi connectivity index (χ0) is 20.9. The van der Waals surface area contributed by atoms with Gasteiger partial charge in [-0.2, -0.15) is 5.10 Å². The van der Waals surface area contributed by atoms with Gasteiger partial charge >= 0.3 is 0 Å². The molecule has 152 valence electrons. The summed E-state index contributed by atoms with van der Waals surface area (Å²) in [5, 5.41) is 6.50. The fourth-order valence-corrected chi connectivity index (χ4v) is 3.49. The second kappa shape index (κ2) is 8.82. The summed E-state index contributed by atoms with van der Waals surface area (Å²) >= 11 is 0. The molecule has 30 heavy (non-hydrogen) atoms. The molecule has 1 atom stereocenters. The highest BCUT2D eigenvalue weighted by atomic mass is 19.1. The Balaban J connectivity index is 1.63. The number of hydrazone groups is 1. The summed E-state index contributed by atoms with van der Waals surface area (Å²) in [6, 6.07) is 22.3. The van der Waals surface area contributed by atoms with E-state index < -0.39 is 0 Å². The van der Waals surface area contributed by atoms with Crippen LogP contribution in [-0.4, -0.2) is 19.9 Å². The number of benzene rings is 3. The average molecular weight is 402 g/mol. The van der Waals surface area contributed by atoms with Gasteiger partial charge in [-0.25, -0.2) is 4.39 Å². The molecule has 0 fully saturated rings. The van der Waals surface area contributed by atoms with E-state index in [-0.39, 0.29) is 11.9 Å². The van der Waals surface area contributed by atoms with Crippen LogP contribution >= 0.6 is 0 Å². The van der Waals surface area contributed by atoms with Crippen LogP contribution in [0.1, 0.15) is 23.6 Å². The van der Waals surface area contributed by atoms with Crippen LogP contribution in [0.5, 0.6) is 11.5 Å². The van der Waals surface area contributed by atoms with Gasteiger partial charge in [0.25, 0.3) is 0 Å². The van der Waals surface area contributed by atoms with Gasteiger partial charge in [0.05, 0.1) is 31.7 Å². The fourth-order valence-electron chi connectivity index (χ4n) is 3.49. The zero-order valence-corrected chi connectivity index (χ0v) is 17.0. The maximum absolute atomic E-state index is 14.5. The highest BCUT2D eigenvalue weighted by Crippen LogP contribution is 2.37. The molecule has 5 heteroatoms. The van der Waals surface area contributed by atoms with E-state index in [0.29, 0.717) is 12.1 Å². The van der Waals surface area contributed by atoms with Gasteiger partial charge in [-0.15, -0.1) is 0 Å². The Kier molecular flexibility index (Phi) is 5.80. The van der Waals surface area contributed by atoms with Crippen LogP contribution in [0.4, 0.5) is 10.1 Å². The number of para-hydroxylation sites is 1. The maximum Gasteiger partial charge on any atom is 0.148 e. The average Bonchev–Trinajstić information content (AvgIpc) is 3.22. The first-order chi connectivity index (χ1) is 14.7. The lowest BCUT2D eigenvalue weighted by Crippen LogP contribution is -2.19. The van der Waals surface area contributed by atoms with Crippen LogP contribution in [0.15, 0.2) is 84.0 Å². The molecule has 0 aliphatic carbocycles. The molecule has 0 unspecified atom stereocenters. The molecule has 3 aromatic rings. The monoisotopic (exact) mass is 402 g/mol. The lowest BCUT2D eigenvalue weighted by Gasteiger charge is -2.24. The molecule has 0 N–H and O–H groups in total. The van der Waals surface area contributed by atoms with Crippen molar-refractivity contribution in [3.8, 4) is 11.5 Å². The zero-order valence-electron chi connectivity index (χ0n) is 17.0. The lowest BCUT2D eigenvalue weighted by molar-refractivity contribution is 0.414. The smallest absolute Gasteiger partial charge is 0.148 e. The topological polar surface area (TPSA) is 34.1 Å². The SMILES string of the molecule is COc1ccc(/C=C/C2=NN(c3ccccc3F)[C@@H](c3ccc(OC)cc3)C2)cc1. The molecule has 0 spiro atoms. The molecule has 1 aliphatic heterocycles. The number of allylic oxidation sites excluding steroid dienone is 1. The fraction of sp³-hybridized carbons (Fsp3) is 0.160. The molecule has 0 aromatic heterocycles. The maximum atomic E-state index is 14.5. The number of rotatable bonds is 6. The highest BCUT2D eigenvalue weighted by molar-refractivity contribution is 6.01. The Labute approximate surface area is 175 Å². The van der Waals surface area contributed by atoms with Crippen molar-refractivity contribution in [3.63, 3.8) is 0 Å². The second-order valence-electron chi connectivity index (χ2n) is 6.99. The number of anilines is 1. The molecule has 4 nitrogen and oxygen atoms in total. The third-order valence-electron chi connectivity index (χ3n) is 5.12. The normalized spacial score (nSPS) is 16.0. The van der Waals surface area contributed by atoms with Crippen molar-refractivity contribution in [3.05, 3.63) is 95.8 Å². The number of methoxy groups -OCH3 is 2. The van der Waals surface area contributed by atoms with Gasteiger partial charge in [0, 0.05) is 6.42 Å². The van der Waals surface area contributed by atoms with Crippen molar-refractivity contribution in [2.75, 3.05) is 19.2 Å². The minimum Gasteiger partial charge on any atom is -0.497 e. The van der Waals surface area contributed by atoms with Crippen molar-refractivity contribution in [2.45, 2.75) is 12.5 Å². The lowest BCUT2D eigenvalue weighted by atomic mass is 10.0. The molecule has 3 aromatic carbocycles. The number of nitrogens with zero attached hydrogens (tertiary/aromatic N) is 2. The summed E-state index contributed by atoms with van der Waals surface area (Å²) in [6.07, 6.45) is 4.67. The molecular weight excluding hydrogens is 379 g/mol. The minimum atomic E-state index is -0.292. The Morgan fingerprint density at radius 3 is 2.13 bits per heavy atom. The molecule has 0 saturated carbocycles. The van der Waals surface area contributed by atoms with E-state index in [0.717, 1.165) is 28.3 Å². The molecule has 1 heterocycles. The van der Waals surface area contributed by atoms with Gasteiger partial charge in [0.15, 0.2) is 0 Å². The van der Waals surface area contributed by atoms with Crippen molar-refractivity contribution in [1.29, 1.82) is 0 Å². The van der Waals surface area contributed by atoms with Crippen LogP contribution in [0.2, 0.25) is 0 Å². The first-order valence-electron chi connectivity index (χ1n) is 9.75. The second-order valence-corrected chi connectivity index (χ2v) is 6.99. The summed E-state index contributed by atoms with van der Waals surface area (Å²) in [4.78, 5) is 0. The van der Waals surface area contributed by atoms with E-state index in [2.05, 4.69) is 0 Å². The molecule has 1 aliphatic rings. The molecule has 0 bridgehead atoms. The van der Waals surface area contributed by atoms with Gasteiger partial charge in [0.1, 0.15) is 17.3 Å². The number of halogens is 1. The van der Waals surface area contributed by atoms with Crippen molar-refractivity contribution in [2.24, 2.45) is 5.10 Å². The van der Waals surface area contributed by atoms with Crippen molar-refractivity contribution in [1.82, 2.24) is 0 Å². The first kappa shape index (κ1) is 19.7. The summed E-state index contributed by atoms with van der Waals surface area (Å²) in [5.41, 5.74) is 3.44. The van der Waals surface area contributed by atoms with Crippen LogP contribution in [-0.2, 0) is 0 Å². The summed E-state index contributed by atoms with van der Waals surface area (Å²) in [7, 11) is 3.29. The number of hydrogen-bond acceptors (Lipinski definition) is 4. The highest BCUT2D eigenvalue weighted by Gasteiger charge is 2.29. The quantitative estimate of drug-likeness (QED) is 0.518. The van der Waals surface area contributed by atoms with E-state index in [4.69, 9.17) is 14.6 Å². The molecule has 0 radical (unpaired) electrons. The van der Waals surface area contributed by atoms with Gasteiger partial charge in [-0.1, -0.05) is 42.5 Å². The molecular formula is C25H23FN2O2. The van der Waals surface area contributed by atoms with E-state index >= 15 is 0 Å². The molecule has 0 saturated heterocycles. The Morgan fingerprint density at radius 2 is 1.50 bits per heavy atom. The van der Waals surface area contributed by atoms with E-state index in [1.165, 1.54) is 6.07 Å². The predicted octanol–water partition coefficient (Wildman–Crippen LogP) is 5.86.